The van der Waals surface area contributed by atoms with E-state index in [2.05, 4.69) is 86.7 Å². The predicted octanol–water partition coefficient (Wildman–Crippen LogP) is -0.639. The van der Waals surface area contributed by atoms with Gasteiger partial charge in [-0.3, -0.25) is 0 Å². The van der Waals surface area contributed by atoms with Gasteiger partial charge < -0.3 is 24.8 Å². The van der Waals surface area contributed by atoms with Crippen LogP contribution in [0.5, 0.6) is 0 Å². The molecule has 2 aromatic rings. The van der Waals surface area contributed by atoms with Crippen molar-refractivity contribution < 1.29 is 42.2 Å². The van der Waals surface area contributed by atoms with Crippen molar-refractivity contribution in [2.45, 2.75) is 22.3 Å². The van der Waals surface area contributed by atoms with Gasteiger partial charge in [-0.05, 0) is 0 Å². The van der Waals surface area contributed by atoms with Gasteiger partial charge in [-0.1, -0.05) is 0 Å². The smallest absolute Gasteiger partial charge is 1.00 e. The van der Waals surface area contributed by atoms with Crippen molar-refractivity contribution in [2.75, 3.05) is 0 Å². The maximum absolute atomic E-state index is 2.47. The Labute approximate surface area is 162 Å². The second-order valence-electron chi connectivity index (χ2n) is 6.39. The first kappa shape index (κ1) is 19.4. The third kappa shape index (κ3) is 3.26. The van der Waals surface area contributed by atoms with Crippen molar-refractivity contribution >= 4 is 16.0 Å². The molecule has 0 saturated heterocycles. The van der Waals surface area contributed by atoms with Crippen molar-refractivity contribution in [3.8, 4) is 0 Å². The van der Waals surface area contributed by atoms with Crippen LogP contribution in [0.3, 0.4) is 0 Å². The molecule has 24 heavy (non-hydrogen) atoms. The average Bonchev–Trinajstić information content (AvgIpc) is 3.13. The van der Waals surface area contributed by atoms with E-state index < -0.39 is 17.4 Å². The van der Waals surface area contributed by atoms with Gasteiger partial charge in [0.1, 0.15) is 0 Å². The summed E-state index contributed by atoms with van der Waals surface area (Å²) in [5, 5.41) is 0. The van der Waals surface area contributed by atoms with Crippen LogP contribution in [0, 0.1) is 0 Å². The quantitative estimate of drug-likeness (QED) is 0.598. The molecular weight excluding hydrogens is 371 g/mol. The molecule has 3 heteroatoms. The standard InChI is InChI=1S/2C9H7.C3H6.2ClH.Ti/c2*1-2-5-9-7-3-6-8(9)4-1;1-3-2;;;/h2*1-7H;1-2H3;2*1H;/q;;;;;+2/p-2. The maximum atomic E-state index is 2.47. The molecule has 2 unspecified atom stereocenters. The summed E-state index contributed by atoms with van der Waals surface area (Å²) in [6.45, 7) is 4.72. The van der Waals surface area contributed by atoms with E-state index in [1.807, 2.05) is 0 Å². The van der Waals surface area contributed by atoms with E-state index in [4.69, 9.17) is 0 Å². The van der Waals surface area contributed by atoms with Crippen molar-refractivity contribution in [2.24, 2.45) is 0 Å². The zero-order valence-corrected chi connectivity index (χ0v) is 16.9. The number of hydrogen-bond acceptors (Lipinski definition) is 0. The van der Waals surface area contributed by atoms with Gasteiger partial charge in [-0.2, -0.15) is 0 Å². The zero-order chi connectivity index (χ0) is 15.1. The summed E-state index contributed by atoms with van der Waals surface area (Å²) < 4.78 is 2.99. The molecule has 4 rings (SSSR count). The fourth-order valence-corrected chi connectivity index (χ4v) is 9.22. The van der Waals surface area contributed by atoms with E-state index >= 15 is 0 Å². The minimum absolute atomic E-state index is 0. The Morgan fingerprint density at radius 3 is 1.54 bits per heavy atom. The van der Waals surface area contributed by atoms with E-state index in [9.17, 15) is 0 Å². The molecule has 2 aliphatic carbocycles. The summed E-state index contributed by atoms with van der Waals surface area (Å²) in [4.78, 5) is 0. The SMILES string of the molecule is C[C](C)=[Ti+2]([CH]1C=Cc2ccccc21)[CH]1C=Cc2ccccc21.[Cl-].[Cl-]. The zero-order valence-electron chi connectivity index (χ0n) is 13.8. The number of allylic oxidation sites excluding steroid dienone is 2. The number of benzene rings is 2. The molecule has 0 fully saturated rings. The largest absolute Gasteiger partial charge is 1.00 e. The first-order valence-electron chi connectivity index (χ1n) is 7.97. The maximum Gasteiger partial charge on any atom is -1.00 e. The van der Waals surface area contributed by atoms with Gasteiger partial charge in [-0.25, -0.2) is 0 Å². The van der Waals surface area contributed by atoms with Gasteiger partial charge >= 0.3 is 139 Å². The first-order valence-corrected chi connectivity index (χ1v) is 10.6. The molecule has 0 bridgehead atoms. The molecule has 2 aliphatic rings. The van der Waals surface area contributed by atoms with E-state index in [1.165, 1.54) is 11.1 Å². The fourth-order valence-electron chi connectivity index (χ4n) is 3.86. The summed E-state index contributed by atoms with van der Waals surface area (Å²) in [6, 6.07) is 17.9. The van der Waals surface area contributed by atoms with Crippen molar-refractivity contribution in [1.82, 2.24) is 0 Å². The molecule has 0 saturated carbocycles. The van der Waals surface area contributed by atoms with Crippen LogP contribution < -0.4 is 24.8 Å². The number of rotatable bonds is 2. The molecule has 0 amide bonds. The summed E-state index contributed by atoms with van der Waals surface area (Å²) in [5.74, 6) is 0. The Morgan fingerprint density at radius 1 is 0.708 bits per heavy atom. The molecular formula is C21H20Cl2Ti. The minimum atomic E-state index is -1.48. The number of fused-ring (bicyclic) bond motifs is 2. The van der Waals surface area contributed by atoms with Gasteiger partial charge in [0.05, 0.1) is 0 Å². The summed E-state index contributed by atoms with van der Waals surface area (Å²) in [6.07, 6.45) is 9.62. The molecule has 0 heterocycles. The molecule has 0 aromatic heterocycles. The Kier molecular flexibility index (Phi) is 6.45. The van der Waals surface area contributed by atoms with E-state index in [-0.39, 0.29) is 24.8 Å². The third-order valence-electron chi connectivity index (χ3n) is 4.85. The molecule has 0 radical (unpaired) electrons. The Bertz CT molecular complexity index is 766. The van der Waals surface area contributed by atoms with Crippen LogP contribution in [0.4, 0.5) is 0 Å². The topological polar surface area (TPSA) is 0 Å². The van der Waals surface area contributed by atoms with Crippen LogP contribution in [0.2, 0.25) is 0 Å². The number of hydrogen-bond donors (Lipinski definition) is 0. The van der Waals surface area contributed by atoms with Gasteiger partial charge in [0.2, 0.25) is 0 Å². The van der Waals surface area contributed by atoms with Crippen LogP contribution in [-0.4, -0.2) is 3.81 Å². The van der Waals surface area contributed by atoms with E-state index in [0.29, 0.717) is 8.45 Å². The van der Waals surface area contributed by atoms with Gasteiger partial charge in [0, 0.05) is 0 Å². The Hall–Kier alpha value is -0.916. The monoisotopic (exact) mass is 390 g/mol. The predicted molar refractivity (Wildman–Crippen MR) is 92.8 cm³/mol. The van der Waals surface area contributed by atoms with Crippen LogP contribution in [-0.2, 0) is 17.4 Å². The Morgan fingerprint density at radius 2 is 1.12 bits per heavy atom. The van der Waals surface area contributed by atoms with Crippen molar-refractivity contribution in [1.29, 1.82) is 0 Å². The van der Waals surface area contributed by atoms with Gasteiger partial charge in [-0.15, -0.1) is 0 Å². The first-order chi connectivity index (χ1) is 10.8. The van der Waals surface area contributed by atoms with Gasteiger partial charge in [0.25, 0.3) is 0 Å². The molecule has 0 spiro atoms. The molecule has 0 aliphatic heterocycles. The van der Waals surface area contributed by atoms with Crippen molar-refractivity contribution in [3.63, 3.8) is 0 Å². The van der Waals surface area contributed by atoms with Crippen LogP contribution in [0.15, 0.2) is 60.7 Å². The van der Waals surface area contributed by atoms with Crippen LogP contribution in [0.1, 0.15) is 44.5 Å². The summed E-state index contributed by atoms with van der Waals surface area (Å²) >= 11 is -1.48. The van der Waals surface area contributed by atoms with Crippen molar-refractivity contribution in [3.05, 3.63) is 82.9 Å². The Balaban J connectivity index is 0.00000104. The van der Waals surface area contributed by atoms with E-state index in [1.54, 1.807) is 14.9 Å². The van der Waals surface area contributed by atoms with Crippen LogP contribution in [0.25, 0.3) is 12.2 Å². The normalized spacial score (nSPS) is 18.7. The molecule has 122 valence electrons. The fraction of sp³-hybridized carbons (Fsp3) is 0.190. The molecule has 2 atom stereocenters. The number of halogens is 2. The minimum Gasteiger partial charge on any atom is -1.00 e. The van der Waals surface area contributed by atoms with Crippen LogP contribution >= 0.6 is 0 Å². The average molecular weight is 391 g/mol. The van der Waals surface area contributed by atoms with E-state index in [0.717, 1.165) is 0 Å². The summed E-state index contributed by atoms with van der Waals surface area (Å²) in [7, 11) is 0. The third-order valence-corrected chi connectivity index (χ3v) is 10.3. The second-order valence-corrected chi connectivity index (χ2v) is 11.3. The molecule has 2 aromatic carbocycles. The molecule has 0 N–H and O–H groups in total. The van der Waals surface area contributed by atoms with Gasteiger partial charge in [0.15, 0.2) is 0 Å². The summed E-state index contributed by atoms with van der Waals surface area (Å²) in [5.41, 5.74) is 5.95. The molecule has 0 nitrogen and oxygen atoms in total. The second kappa shape index (κ2) is 7.98.